The van der Waals surface area contributed by atoms with Gasteiger partial charge in [-0.3, -0.25) is 9.03 Å². The van der Waals surface area contributed by atoms with Gasteiger partial charge in [-0.15, -0.1) is 0 Å². The van der Waals surface area contributed by atoms with E-state index in [1.807, 2.05) is 4.72 Å². The Bertz CT molecular complexity index is 1020. The summed E-state index contributed by atoms with van der Waals surface area (Å²) in [7, 11) is -7.51. The van der Waals surface area contributed by atoms with Crippen LogP contribution in [0.2, 0.25) is 0 Å². The maximum Gasteiger partial charge on any atom is 0.261 e. The summed E-state index contributed by atoms with van der Waals surface area (Å²) in [5, 5.41) is 0. The van der Waals surface area contributed by atoms with E-state index in [1.165, 1.54) is 28.6 Å². The molecule has 26 heavy (non-hydrogen) atoms. The van der Waals surface area contributed by atoms with Crippen LogP contribution in [-0.4, -0.2) is 29.1 Å². The molecule has 0 saturated carbocycles. The summed E-state index contributed by atoms with van der Waals surface area (Å²) < 4.78 is 78.7. The van der Waals surface area contributed by atoms with Crippen molar-refractivity contribution in [2.75, 3.05) is 21.3 Å². The highest BCUT2D eigenvalue weighted by Gasteiger charge is 2.26. The van der Waals surface area contributed by atoms with Gasteiger partial charge in [0.25, 0.3) is 10.0 Å². The second-order valence-electron chi connectivity index (χ2n) is 5.82. The van der Waals surface area contributed by atoms with Crippen molar-refractivity contribution < 1.29 is 25.6 Å². The molecule has 0 aromatic heterocycles. The minimum absolute atomic E-state index is 0.0540. The van der Waals surface area contributed by atoms with E-state index in [2.05, 4.69) is 0 Å². The first kappa shape index (κ1) is 18.6. The van der Waals surface area contributed by atoms with Crippen LogP contribution >= 0.6 is 0 Å². The molecule has 1 saturated heterocycles. The molecule has 2 aromatic rings. The van der Waals surface area contributed by atoms with Gasteiger partial charge in [-0.1, -0.05) is 0 Å². The van der Waals surface area contributed by atoms with Gasteiger partial charge < -0.3 is 0 Å². The summed E-state index contributed by atoms with van der Waals surface area (Å²) in [6, 6.07) is 7.74. The van der Waals surface area contributed by atoms with E-state index in [0.717, 1.165) is 18.6 Å². The molecular weight excluding hydrogens is 386 g/mol. The molecule has 3 rings (SSSR count). The lowest BCUT2D eigenvalue weighted by Crippen LogP contribution is -2.37. The van der Waals surface area contributed by atoms with Crippen LogP contribution < -0.4 is 9.03 Å². The molecule has 10 heteroatoms. The zero-order valence-electron chi connectivity index (χ0n) is 13.5. The Kier molecular flexibility index (Phi) is 4.89. The summed E-state index contributed by atoms with van der Waals surface area (Å²) in [6.45, 7) is 0.341. The predicted octanol–water partition coefficient (Wildman–Crippen LogP) is 2.70. The Morgan fingerprint density at radius 3 is 2.31 bits per heavy atom. The van der Waals surface area contributed by atoms with Crippen molar-refractivity contribution in [1.82, 2.24) is 0 Å². The average Bonchev–Trinajstić information content (AvgIpc) is 2.57. The van der Waals surface area contributed by atoms with Crippen LogP contribution in [0, 0.1) is 11.6 Å². The summed E-state index contributed by atoms with van der Waals surface area (Å²) in [6.07, 6.45) is 1.32. The molecule has 1 aliphatic rings. The summed E-state index contributed by atoms with van der Waals surface area (Å²) in [5.41, 5.74) is -0.00861. The number of hydrogen-bond acceptors (Lipinski definition) is 4. The molecule has 0 atom stereocenters. The molecular formula is C16H16F2N2O4S2. The fraction of sp³-hybridized carbons (Fsp3) is 0.250. The largest absolute Gasteiger partial charge is 0.277 e. The SMILES string of the molecule is O=S(=O)(Nc1ccc(F)cc1F)c1ccc(N2CCCCS2(=O)=O)cc1. The molecule has 1 fully saturated rings. The minimum atomic E-state index is -4.11. The third-order valence-corrected chi connectivity index (χ3v) is 7.21. The van der Waals surface area contributed by atoms with Crippen molar-refractivity contribution in [3.63, 3.8) is 0 Å². The molecule has 140 valence electrons. The van der Waals surface area contributed by atoms with Crippen LogP contribution in [-0.2, 0) is 20.0 Å². The minimum Gasteiger partial charge on any atom is -0.277 e. The summed E-state index contributed by atoms with van der Waals surface area (Å²) in [5.74, 6) is -1.81. The monoisotopic (exact) mass is 402 g/mol. The molecule has 6 nitrogen and oxygen atoms in total. The van der Waals surface area contributed by atoms with Gasteiger partial charge in [0, 0.05) is 12.6 Å². The fourth-order valence-electron chi connectivity index (χ4n) is 2.65. The molecule has 0 unspecified atom stereocenters. The maximum absolute atomic E-state index is 13.6. The van der Waals surface area contributed by atoms with E-state index >= 15 is 0 Å². The Hall–Kier alpha value is -2.20. The lowest BCUT2D eigenvalue weighted by molar-refractivity contribution is 0.574. The standard InChI is InChI=1S/C16H16F2N2O4S2/c17-12-3-8-16(15(18)11-12)19-26(23,24)14-6-4-13(5-7-14)20-9-1-2-10-25(20,21)22/h3-8,11,19H,1-2,9-10H2. The van der Waals surface area contributed by atoms with Crippen LogP contribution in [0.4, 0.5) is 20.2 Å². The highest BCUT2D eigenvalue weighted by atomic mass is 32.2. The number of hydrogen-bond donors (Lipinski definition) is 1. The van der Waals surface area contributed by atoms with Crippen LogP contribution in [0.25, 0.3) is 0 Å². The molecule has 0 amide bonds. The van der Waals surface area contributed by atoms with Crippen LogP contribution in [0.3, 0.4) is 0 Å². The normalized spacial score (nSPS) is 17.1. The molecule has 0 aliphatic carbocycles. The van der Waals surface area contributed by atoms with Crippen molar-refractivity contribution in [3.05, 3.63) is 54.1 Å². The average molecular weight is 402 g/mol. The second-order valence-corrected chi connectivity index (χ2v) is 9.51. The van der Waals surface area contributed by atoms with Crippen LogP contribution in [0.1, 0.15) is 12.8 Å². The Labute approximate surface area is 150 Å². The number of rotatable bonds is 4. The first-order valence-corrected chi connectivity index (χ1v) is 10.9. The first-order valence-electron chi connectivity index (χ1n) is 7.77. The number of halogens is 2. The van der Waals surface area contributed by atoms with Gasteiger partial charge in [-0.2, -0.15) is 0 Å². The van der Waals surface area contributed by atoms with Gasteiger partial charge in [0.15, 0.2) is 0 Å². The third kappa shape index (κ3) is 3.80. The lowest BCUT2D eigenvalue weighted by Gasteiger charge is -2.28. The first-order chi connectivity index (χ1) is 12.2. The fourth-order valence-corrected chi connectivity index (χ4v) is 5.35. The smallest absolute Gasteiger partial charge is 0.261 e. The van der Waals surface area contributed by atoms with E-state index in [1.54, 1.807) is 0 Å². The van der Waals surface area contributed by atoms with Gasteiger partial charge >= 0.3 is 0 Å². The summed E-state index contributed by atoms with van der Waals surface area (Å²) in [4.78, 5) is -0.167. The number of benzene rings is 2. The molecule has 0 radical (unpaired) electrons. The van der Waals surface area contributed by atoms with Gasteiger partial charge in [0.2, 0.25) is 10.0 Å². The Morgan fingerprint density at radius 2 is 1.69 bits per heavy atom. The maximum atomic E-state index is 13.6. The number of nitrogens with zero attached hydrogens (tertiary/aromatic N) is 1. The van der Waals surface area contributed by atoms with Crippen molar-refractivity contribution in [3.8, 4) is 0 Å². The Balaban J connectivity index is 1.85. The zero-order chi connectivity index (χ0) is 18.9. The highest BCUT2D eigenvalue weighted by Crippen LogP contribution is 2.26. The summed E-state index contributed by atoms with van der Waals surface area (Å²) >= 11 is 0. The van der Waals surface area contributed by atoms with E-state index in [0.29, 0.717) is 24.7 Å². The Morgan fingerprint density at radius 1 is 1.00 bits per heavy atom. The second kappa shape index (κ2) is 6.84. The third-order valence-electron chi connectivity index (χ3n) is 3.96. The van der Waals surface area contributed by atoms with Gasteiger partial charge in [-0.25, -0.2) is 25.6 Å². The van der Waals surface area contributed by atoms with E-state index in [9.17, 15) is 25.6 Å². The van der Waals surface area contributed by atoms with Crippen molar-refractivity contribution in [1.29, 1.82) is 0 Å². The molecule has 1 N–H and O–H groups in total. The predicted molar refractivity (Wildman–Crippen MR) is 94.0 cm³/mol. The molecule has 1 heterocycles. The number of sulfonamides is 2. The van der Waals surface area contributed by atoms with Crippen molar-refractivity contribution >= 4 is 31.4 Å². The van der Waals surface area contributed by atoms with Crippen LogP contribution in [0.5, 0.6) is 0 Å². The highest BCUT2D eigenvalue weighted by molar-refractivity contribution is 7.93. The van der Waals surface area contributed by atoms with Crippen LogP contribution in [0.15, 0.2) is 47.4 Å². The molecule has 2 aromatic carbocycles. The zero-order valence-corrected chi connectivity index (χ0v) is 15.2. The lowest BCUT2D eigenvalue weighted by atomic mass is 10.3. The molecule has 0 spiro atoms. The van der Waals surface area contributed by atoms with Gasteiger partial charge in [0.05, 0.1) is 22.0 Å². The number of nitrogens with one attached hydrogen (secondary N) is 1. The molecule has 1 aliphatic heterocycles. The topological polar surface area (TPSA) is 83.6 Å². The van der Waals surface area contributed by atoms with Gasteiger partial charge in [-0.05, 0) is 49.2 Å². The van der Waals surface area contributed by atoms with Crippen molar-refractivity contribution in [2.24, 2.45) is 0 Å². The number of anilines is 2. The van der Waals surface area contributed by atoms with E-state index in [-0.39, 0.29) is 16.3 Å². The van der Waals surface area contributed by atoms with Crippen molar-refractivity contribution in [2.45, 2.75) is 17.7 Å². The quantitative estimate of drug-likeness (QED) is 0.852. The van der Waals surface area contributed by atoms with E-state index < -0.39 is 31.7 Å². The molecule has 0 bridgehead atoms. The van der Waals surface area contributed by atoms with E-state index in [4.69, 9.17) is 0 Å². The van der Waals surface area contributed by atoms with Gasteiger partial charge in [0.1, 0.15) is 11.6 Å².